The zero-order valence-corrected chi connectivity index (χ0v) is 11.8. The van der Waals surface area contributed by atoms with Crippen LogP contribution in [0.4, 0.5) is 10.1 Å². The van der Waals surface area contributed by atoms with Gasteiger partial charge in [-0.2, -0.15) is 0 Å². The molecule has 1 aromatic carbocycles. The quantitative estimate of drug-likeness (QED) is 0.620. The van der Waals surface area contributed by atoms with Gasteiger partial charge < -0.3 is 11.1 Å². The number of unbranched alkanes of at least 4 members (excludes halogenated alkanes) is 3. The Kier molecular flexibility index (Phi) is 7.38. The highest BCUT2D eigenvalue weighted by Crippen LogP contribution is 2.16. The van der Waals surface area contributed by atoms with Crippen molar-refractivity contribution in [2.45, 2.75) is 39.0 Å². The van der Waals surface area contributed by atoms with E-state index in [1.807, 2.05) is 0 Å². The SMILES string of the molecule is CCCCCCC(=O)Nc1ccc(C#CCN)cc1F. The maximum Gasteiger partial charge on any atom is 0.224 e. The molecule has 0 atom stereocenters. The van der Waals surface area contributed by atoms with Crippen LogP contribution in [-0.4, -0.2) is 12.5 Å². The zero-order chi connectivity index (χ0) is 14.8. The summed E-state index contributed by atoms with van der Waals surface area (Å²) in [6.07, 6.45) is 4.53. The number of nitrogens with one attached hydrogen (secondary N) is 1. The molecule has 108 valence electrons. The van der Waals surface area contributed by atoms with Crippen molar-refractivity contribution < 1.29 is 9.18 Å². The van der Waals surface area contributed by atoms with Crippen LogP contribution in [0, 0.1) is 17.7 Å². The van der Waals surface area contributed by atoms with E-state index in [9.17, 15) is 9.18 Å². The van der Waals surface area contributed by atoms with E-state index in [0.29, 0.717) is 12.0 Å². The fourth-order valence-corrected chi connectivity index (χ4v) is 1.77. The summed E-state index contributed by atoms with van der Waals surface area (Å²) >= 11 is 0. The van der Waals surface area contributed by atoms with Crippen LogP contribution in [0.5, 0.6) is 0 Å². The molecule has 0 aromatic heterocycles. The first-order valence-corrected chi connectivity index (χ1v) is 6.95. The molecule has 3 nitrogen and oxygen atoms in total. The predicted molar refractivity (Wildman–Crippen MR) is 79.7 cm³/mol. The van der Waals surface area contributed by atoms with Crippen molar-refractivity contribution in [3.8, 4) is 11.8 Å². The molecular formula is C16H21FN2O. The number of anilines is 1. The van der Waals surface area contributed by atoms with Gasteiger partial charge in [0.05, 0.1) is 12.2 Å². The summed E-state index contributed by atoms with van der Waals surface area (Å²) < 4.78 is 13.8. The van der Waals surface area contributed by atoms with Crippen LogP contribution in [0.3, 0.4) is 0 Å². The molecule has 0 aliphatic carbocycles. The molecule has 0 aliphatic heterocycles. The molecule has 1 amide bonds. The smallest absolute Gasteiger partial charge is 0.224 e. The van der Waals surface area contributed by atoms with Gasteiger partial charge in [-0.1, -0.05) is 38.0 Å². The van der Waals surface area contributed by atoms with Crippen molar-refractivity contribution >= 4 is 11.6 Å². The topological polar surface area (TPSA) is 55.1 Å². The lowest BCUT2D eigenvalue weighted by Crippen LogP contribution is -2.12. The lowest BCUT2D eigenvalue weighted by molar-refractivity contribution is -0.116. The molecule has 0 spiro atoms. The summed E-state index contributed by atoms with van der Waals surface area (Å²) in [7, 11) is 0. The third-order valence-electron chi connectivity index (χ3n) is 2.84. The monoisotopic (exact) mass is 276 g/mol. The van der Waals surface area contributed by atoms with Crippen molar-refractivity contribution in [3.63, 3.8) is 0 Å². The van der Waals surface area contributed by atoms with E-state index in [1.54, 1.807) is 6.07 Å². The van der Waals surface area contributed by atoms with Gasteiger partial charge in [0.25, 0.3) is 0 Å². The number of hydrogen-bond donors (Lipinski definition) is 2. The van der Waals surface area contributed by atoms with Crippen molar-refractivity contribution in [3.05, 3.63) is 29.6 Å². The second-order valence-electron chi connectivity index (χ2n) is 4.56. The number of carbonyl (C=O) groups excluding carboxylic acids is 1. The third kappa shape index (κ3) is 5.85. The summed E-state index contributed by atoms with van der Waals surface area (Å²) in [4.78, 5) is 11.7. The molecule has 20 heavy (non-hydrogen) atoms. The minimum atomic E-state index is -0.476. The molecule has 3 N–H and O–H groups in total. The standard InChI is InChI=1S/C16H21FN2O/c1-2-3-4-5-8-16(20)19-15-10-9-13(7-6-11-18)12-14(15)17/h9-10,12H,2-5,8,11,18H2,1H3,(H,19,20). The summed E-state index contributed by atoms with van der Waals surface area (Å²) in [5.41, 5.74) is 6.00. The number of halogens is 1. The number of nitrogens with two attached hydrogens (primary N) is 1. The van der Waals surface area contributed by atoms with E-state index < -0.39 is 5.82 Å². The van der Waals surface area contributed by atoms with Gasteiger partial charge >= 0.3 is 0 Å². The van der Waals surface area contributed by atoms with E-state index in [0.717, 1.165) is 25.7 Å². The predicted octanol–water partition coefficient (Wildman–Crippen LogP) is 3.04. The van der Waals surface area contributed by atoms with Gasteiger partial charge in [0.2, 0.25) is 5.91 Å². The van der Waals surface area contributed by atoms with Crippen molar-refractivity contribution in [2.75, 3.05) is 11.9 Å². The highest BCUT2D eigenvalue weighted by Gasteiger charge is 2.07. The minimum Gasteiger partial charge on any atom is -0.324 e. The van der Waals surface area contributed by atoms with Crippen LogP contribution in [0.1, 0.15) is 44.6 Å². The van der Waals surface area contributed by atoms with Crippen LogP contribution >= 0.6 is 0 Å². The van der Waals surface area contributed by atoms with Crippen molar-refractivity contribution in [1.82, 2.24) is 0 Å². The fraction of sp³-hybridized carbons (Fsp3) is 0.438. The summed E-state index contributed by atoms with van der Waals surface area (Å²) in [5.74, 6) is 4.77. The first-order chi connectivity index (χ1) is 9.67. The third-order valence-corrected chi connectivity index (χ3v) is 2.84. The van der Waals surface area contributed by atoms with Gasteiger partial charge in [0.1, 0.15) is 5.82 Å². The van der Waals surface area contributed by atoms with Crippen LogP contribution in [0.2, 0.25) is 0 Å². The first kappa shape index (κ1) is 16.2. The van der Waals surface area contributed by atoms with Gasteiger partial charge in [-0.3, -0.25) is 4.79 Å². The summed E-state index contributed by atoms with van der Waals surface area (Å²) in [5, 5.41) is 2.58. The Morgan fingerprint density at radius 1 is 1.35 bits per heavy atom. The van der Waals surface area contributed by atoms with E-state index in [2.05, 4.69) is 24.1 Å². The molecule has 0 aliphatic rings. The fourth-order valence-electron chi connectivity index (χ4n) is 1.77. The molecule has 1 aromatic rings. The van der Waals surface area contributed by atoms with Gasteiger partial charge in [-0.15, -0.1) is 0 Å². The Hall–Kier alpha value is -1.86. The van der Waals surface area contributed by atoms with Crippen LogP contribution in [-0.2, 0) is 4.79 Å². The molecule has 1 rings (SSSR count). The molecular weight excluding hydrogens is 255 g/mol. The lowest BCUT2D eigenvalue weighted by atomic mass is 10.1. The molecule has 0 saturated carbocycles. The zero-order valence-electron chi connectivity index (χ0n) is 11.8. The second kappa shape index (κ2) is 9.11. The number of rotatable bonds is 6. The van der Waals surface area contributed by atoms with Crippen molar-refractivity contribution in [1.29, 1.82) is 0 Å². The Morgan fingerprint density at radius 3 is 2.80 bits per heavy atom. The maximum absolute atomic E-state index is 13.8. The number of carbonyl (C=O) groups is 1. The average molecular weight is 276 g/mol. The van der Waals surface area contributed by atoms with Gasteiger partial charge in [0, 0.05) is 12.0 Å². The molecule has 0 saturated heterocycles. The molecule has 0 bridgehead atoms. The number of benzene rings is 1. The van der Waals surface area contributed by atoms with Gasteiger partial charge in [-0.25, -0.2) is 4.39 Å². The molecule has 0 unspecified atom stereocenters. The van der Waals surface area contributed by atoms with Crippen molar-refractivity contribution in [2.24, 2.45) is 5.73 Å². The largest absolute Gasteiger partial charge is 0.324 e. The van der Waals surface area contributed by atoms with E-state index >= 15 is 0 Å². The van der Waals surface area contributed by atoms with Crippen LogP contribution in [0.25, 0.3) is 0 Å². The van der Waals surface area contributed by atoms with E-state index in [-0.39, 0.29) is 18.1 Å². The maximum atomic E-state index is 13.8. The second-order valence-corrected chi connectivity index (χ2v) is 4.56. The Bertz CT molecular complexity index is 503. The summed E-state index contributed by atoms with van der Waals surface area (Å²) in [6, 6.07) is 4.49. The Morgan fingerprint density at radius 2 is 2.15 bits per heavy atom. The van der Waals surface area contributed by atoms with Gasteiger partial charge in [0.15, 0.2) is 0 Å². The van der Waals surface area contributed by atoms with E-state index in [4.69, 9.17) is 5.73 Å². The van der Waals surface area contributed by atoms with Crippen LogP contribution in [0.15, 0.2) is 18.2 Å². The van der Waals surface area contributed by atoms with Crippen LogP contribution < -0.4 is 11.1 Å². The van der Waals surface area contributed by atoms with E-state index in [1.165, 1.54) is 12.1 Å². The minimum absolute atomic E-state index is 0.152. The highest BCUT2D eigenvalue weighted by atomic mass is 19.1. The highest BCUT2D eigenvalue weighted by molar-refractivity contribution is 5.90. The Balaban J connectivity index is 2.53. The molecule has 0 radical (unpaired) electrons. The Labute approximate surface area is 119 Å². The van der Waals surface area contributed by atoms with Gasteiger partial charge in [-0.05, 0) is 24.6 Å². The molecule has 4 heteroatoms. The number of hydrogen-bond acceptors (Lipinski definition) is 2. The number of amides is 1. The first-order valence-electron chi connectivity index (χ1n) is 6.95. The molecule has 0 heterocycles. The molecule has 0 fully saturated rings. The average Bonchev–Trinajstić information content (AvgIpc) is 2.44. The summed E-state index contributed by atoms with van der Waals surface area (Å²) in [6.45, 7) is 2.35. The lowest BCUT2D eigenvalue weighted by Gasteiger charge is -2.06. The normalized spacial score (nSPS) is 9.75.